The van der Waals surface area contributed by atoms with Gasteiger partial charge in [-0.05, 0) is 37.5 Å². The summed E-state index contributed by atoms with van der Waals surface area (Å²) in [4.78, 5) is 24.9. The van der Waals surface area contributed by atoms with Crippen LogP contribution >= 0.6 is 0 Å². The smallest absolute Gasteiger partial charge is 0.287 e. The molecule has 126 valence electrons. The van der Waals surface area contributed by atoms with Crippen LogP contribution in [0.1, 0.15) is 25.8 Å². The maximum atomic E-state index is 11.0. The van der Waals surface area contributed by atoms with Crippen LogP contribution in [0.3, 0.4) is 0 Å². The van der Waals surface area contributed by atoms with Crippen molar-refractivity contribution in [2.45, 2.75) is 32.7 Å². The highest BCUT2D eigenvalue weighted by atomic mass is 16.6. The van der Waals surface area contributed by atoms with Gasteiger partial charge in [-0.3, -0.25) is 14.9 Å². The van der Waals surface area contributed by atoms with E-state index in [1.54, 1.807) is 0 Å². The number of aromatic nitrogens is 1. The molecule has 24 heavy (non-hydrogen) atoms. The van der Waals surface area contributed by atoms with Gasteiger partial charge < -0.3 is 10.1 Å². The van der Waals surface area contributed by atoms with E-state index in [2.05, 4.69) is 10.3 Å². The van der Waals surface area contributed by atoms with Gasteiger partial charge in [0.2, 0.25) is 11.8 Å². The Kier molecular flexibility index (Phi) is 5.83. The number of carbonyl (C=O) groups excluding carboxylic acids is 1. The van der Waals surface area contributed by atoms with E-state index in [4.69, 9.17) is 4.74 Å². The average Bonchev–Trinajstić information content (AvgIpc) is 2.54. The lowest BCUT2D eigenvalue weighted by Crippen LogP contribution is -2.30. The van der Waals surface area contributed by atoms with Gasteiger partial charge in [-0.1, -0.05) is 12.1 Å². The second kappa shape index (κ2) is 8.05. The summed E-state index contributed by atoms with van der Waals surface area (Å²) in [6.07, 6.45) is 2.86. The number of hydrogen-bond donors (Lipinski definition) is 1. The molecule has 0 aliphatic rings. The summed E-state index contributed by atoms with van der Waals surface area (Å²) in [5, 5.41) is 13.4. The summed E-state index contributed by atoms with van der Waals surface area (Å²) in [6.45, 7) is 3.48. The van der Waals surface area contributed by atoms with E-state index in [1.165, 1.54) is 19.1 Å². The van der Waals surface area contributed by atoms with Crippen LogP contribution in [0.5, 0.6) is 11.6 Å². The number of benzene rings is 1. The van der Waals surface area contributed by atoms with Crippen LogP contribution in [0, 0.1) is 10.1 Å². The fraction of sp³-hybridized carbons (Fsp3) is 0.294. The lowest BCUT2D eigenvalue weighted by atomic mass is 10.1. The van der Waals surface area contributed by atoms with Gasteiger partial charge >= 0.3 is 0 Å². The molecule has 7 heteroatoms. The van der Waals surface area contributed by atoms with Crippen LogP contribution in [-0.2, 0) is 11.2 Å². The van der Waals surface area contributed by atoms with Crippen molar-refractivity contribution in [1.82, 2.24) is 10.3 Å². The first-order valence-electron chi connectivity index (χ1n) is 7.58. The summed E-state index contributed by atoms with van der Waals surface area (Å²) in [5.41, 5.74) is 1.06. The first-order valence-corrected chi connectivity index (χ1v) is 7.58. The lowest BCUT2D eigenvalue weighted by Gasteiger charge is -2.12. The molecule has 0 aliphatic heterocycles. The number of ether oxygens (including phenoxy) is 1. The Labute approximate surface area is 139 Å². The molecule has 1 atom stereocenters. The zero-order valence-electron chi connectivity index (χ0n) is 13.6. The van der Waals surface area contributed by atoms with E-state index in [9.17, 15) is 14.9 Å². The van der Waals surface area contributed by atoms with Crippen LogP contribution in [0.2, 0.25) is 0 Å². The molecule has 0 spiro atoms. The van der Waals surface area contributed by atoms with Gasteiger partial charge in [0.1, 0.15) is 11.9 Å². The van der Waals surface area contributed by atoms with Gasteiger partial charge in [-0.15, -0.1) is 0 Å². The number of pyridine rings is 1. The van der Waals surface area contributed by atoms with E-state index in [0.29, 0.717) is 11.6 Å². The van der Waals surface area contributed by atoms with Crippen molar-refractivity contribution in [3.8, 4) is 11.6 Å². The van der Waals surface area contributed by atoms with Gasteiger partial charge in [0.15, 0.2) is 0 Å². The molecule has 0 unspecified atom stereocenters. The molecule has 1 N–H and O–H groups in total. The molecule has 0 saturated heterocycles. The molecular formula is C17H19N3O4. The molecule has 1 heterocycles. The number of amides is 1. The lowest BCUT2D eigenvalue weighted by molar-refractivity contribution is -0.385. The number of hydrogen-bond acceptors (Lipinski definition) is 5. The summed E-state index contributed by atoms with van der Waals surface area (Å²) in [6, 6.07) is 10.5. The molecule has 1 aromatic carbocycles. The quantitative estimate of drug-likeness (QED) is 0.621. The summed E-state index contributed by atoms with van der Waals surface area (Å²) in [5.74, 6) is 0.879. The van der Waals surface area contributed by atoms with Crippen LogP contribution in [0.25, 0.3) is 0 Å². The minimum absolute atomic E-state index is 0.0261. The zero-order valence-corrected chi connectivity index (χ0v) is 13.6. The minimum Gasteiger partial charge on any atom is -0.439 e. The normalized spacial score (nSPS) is 11.6. The van der Waals surface area contributed by atoms with E-state index in [0.717, 1.165) is 24.6 Å². The van der Waals surface area contributed by atoms with Gasteiger partial charge in [-0.2, -0.15) is 0 Å². The highest BCUT2D eigenvalue weighted by Gasteiger charge is 2.07. The Balaban J connectivity index is 1.89. The van der Waals surface area contributed by atoms with Crippen LogP contribution in [-0.4, -0.2) is 21.9 Å². The van der Waals surface area contributed by atoms with Gasteiger partial charge in [0.05, 0.1) is 4.92 Å². The molecule has 0 radical (unpaired) electrons. The topological polar surface area (TPSA) is 94.4 Å². The molecule has 0 bridgehead atoms. The van der Waals surface area contributed by atoms with E-state index < -0.39 is 4.92 Å². The third-order valence-corrected chi connectivity index (χ3v) is 3.39. The summed E-state index contributed by atoms with van der Waals surface area (Å²) < 4.78 is 5.56. The third kappa shape index (κ3) is 5.35. The second-order valence-corrected chi connectivity index (χ2v) is 5.50. The second-order valence-electron chi connectivity index (χ2n) is 5.50. The SMILES string of the molecule is CC(=O)N[C@@H](C)CCc1ccc(Oc2ccc([N+](=O)[O-])cn2)cc1. The van der Waals surface area contributed by atoms with Crippen LogP contribution in [0.15, 0.2) is 42.6 Å². The van der Waals surface area contributed by atoms with Crippen molar-refractivity contribution in [1.29, 1.82) is 0 Å². The van der Waals surface area contributed by atoms with E-state index >= 15 is 0 Å². The Morgan fingerprint density at radius 3 is 2.54 bits per heavy atom. The van der Waals surface area contributed by atoms with Gasteiger partial charge in [0.25, 0.3) is 5.69 Å². The fourth-order valence-corrected chi connectivity index (χ4v) is 2.19. The third-order valence-electron chi connectivity index (χ3n) is 3.39. The minimum atomic E-state index is -0.506. The van der Waals surface area contributed by atoms with E-state index in [-0.39, 0.29) is 17.6 Å². The molecule has 0 fully saturated rings. The number of nitro groups is 1. The predicted octanol–water partition coefficient (Wildman–Crippen LogP) is 3.24. The molecule has 1 aromatic heterocycles. The summed E-state index contributed by atoms with van der Waals surface area (Å²) in [7, 11) is 0. The fourth-order valence-electron chi connectivity index (χ4n) is 2.19. The molecule has 2 aromatic rings. The monoisotopic (exact) mass is 329 g/mol. The molecule has 1 amide bonds. The van der Waals surface area contributed by atoms with Crippen molar-refractivity contribution in [3.05, 3.63) is 58.3 Å². The number of nitrogens with zero attached hydrogens (tertiary/aromatic N) is 2. The Hall–Kier alpha value is -2.96. The van der Waals surface area contributed by atoms with Gasteiger partial charge in [-0.25, -0.2) is 4.98 Å². The van der Waals surface area contributed by atoms with Gasteiger partial charge in [0, 0.05) is 25.1 Å². The van der Waals surface area contributed by atoms with Crippen molar-refractivity contribution >= 4 is 11.6 Å². The van der Waals surface area contributed by atoms with Crippen molar-refractivity contribution in [3.63, 3.8) is 0 Å². The summed E-state index contributed by atoms with van der Waals surface area (Å²) >= 11 is 0. The highest BCUT2D eigenvalue weighted by molar-refractivity contribution is 5.73. The number of carbonyl (C=O) groups is 1. The number of nitrogens with one attached hydrogen (secondary N) is 1. The molecular weight excluding hydrogens is 310 g/mol. The molecule has 7 nitrogen and oxygen atoms in total. The average molecular weight is 329 g/mol. The molecule has 2 rings (SSSR count). The highest BCUT2D eigenvalue weighted by Crippen LogP contribution is 2.22. The largest absolute Gasteiger partial charge is 0.439 e. The Morgan fingerprint density at radius 2 is 2.00 bits per heavy atom. The maximum absolute atomic E-state index is 11.0. The number of aryl methyl sites for hydroxylation is 1. The maximum Gasteiger partial charge on any atom is 0.287 e. The first kappa shape index (κ1) is 17.4. The van der Waals surface area contributed by atoms with Crippen LogP contribution in [0.4, 0.5) is 5.69 Å². The first-order chi connectivity index (χ1) is 11.4. The van der Waals surface area contributed by atoms with Crippen molar-refractivity contribution in [2.24, 2.45) is 0 Å². The number of rotatable bonds is 7. The zero-order chi connectivity index (χ0) is 17.5. The molecule has 0 saturated carbocycles. The molecule has 0 aliphatic carbocycles. The Bertz CT molecular complexity index is 699. The van der Waals surface area contributed by atoms with Crippen molar-refractivity contribution in [2.75, 3.05) is 0 Å². The standard InChI is InChI=1S/C17H19N3O4/c1-12(19-13(2)21)3-4-14-5-8-16(9-6-14)24-17-10-7-15(11-18-17)20(22)23/h5-12H,3-4H2,1-2H3,(H,19,21)/t12-/m0/s1. The van der Waals surface area contributed by atoms with E-state index in [1.807, 2.05) is 31.2 Å². The van der Waals surface area contributed by atoms with Crippen LogP contribution < -0.4 is 10.1 Å². The van der Waals surface area contributed by atoms with Crippen molar-refractivity contribution < 1.29 is 14.5 Å². The predicted molar refractivity (Wildman–Crippen MR) is 89.0 cm³/mol. The Morgan fingerprint density at radius 1 is 1.29 bits per heavy atom.